The monoisotopic (exact) mass is 348 g/mol. The molecular formula is C17H24N4O4. The van der Waals surface area contributed by atoms with Gasteiger partial charge in [-0.15, -0.1) is 0 Å². The molecule has 0 aromatic heterocycles. The second-order valence-electron chi connectivity index (χ2n) is 6.07. The minimum Gasteiger partial charge on any atom is -0.366 e. The van der Waals surface area contributed by atoms with Gasteiger partial charge < -0.3 is 15.5 Å². The second-order valence-corrected chi connectivity index (χ2v) is 6.07. The Morgan fingerprint density at radius 1 is 1.24 bits per heavy atom. The lowest BCUT2D eigenvalue weighted by Crippen LogP contribution is -2.43. The molecule has 1 aliphatic heterocycles. The fraction of sp³-hybridized carbons (Fsp3) is 0.529. The highest BCUT2D eigenvalue weighted by atomic mass is 16.6. The van der Waals surface area contributed by atoms with Crippen LogP contribution in [0, 0.1) is 16.0 Å². The Morgan fingerprint density at radius 2 is 1.92 bits per heavy atom. The Morgan fingerprint density at radius 3 is 2.56 bits per heavy atom. The van der Waals surface area contributed by atoms with E-state index in [4.69, 9.17) is 0 Å². The molecule has 0 bridgehead atoms. The molecule has 136 valence electrons. The number of rotatable bonds is 7. The highest BCUT2D eigenvalue weighted by molar-refractivity contribution is 5.86. The van der Waals surface area contributed by atoms with Crippen LogP contribution in [0.4, 0.5) is 11.4 Å². The minimum absolute atomic E-state index is 0.0107. The van der Waals surface area contributed by atoms with E-state index in [1.807, 2.05) is 11.8 Å². The summed E-state index contributed by atoms with van der Waals surface area (Å²) < 4.78 is 0. The van der Waals surface area contributed by atoms with Crippen molar-refractivity contribution < 1.29 is 14.5 Å². The molecule has 1 fully saturated rings. The van der Waals surface area contributed by atoms with Crippen molar-refractivity contribution in [3.8, 4) is 0 Å². The number of piperidine rings is 1. The van der Waals surface area contributed by atoms with E-state index in [0.29, 0.717) is 38.2 Å². The van der Waals surface area contributed by atoms with Gasteiger partial charge in [0, 0.05) is 31.6 Å². The Kier molecular flexibility index (Phi) is 6.73. The predicted octanol–water partition coefficient (Wildman–Crippen LogP) is 1.45. The minimum atomic E-state index is -0.386. The van der Waals surface area contributed by atoms with Crippen molar-refractivity contribution in [2.75, 3.05) is 31.1 Å². The molecule has 0 spiro atoms. The Bertz CT molecular complexity index is 627. The molecule has 1 aromatic carbocycles. The van der Waals surface area contributed by atoms with Crippen LogP contribution in [0.1, 0.15) is 26.2 Å². The number of anilines is 1. The summed E-state index contributed by atoms with van der Waals surface area (Å²) in [4.78, 5) is 36.4. The Labute approximate surface area is 146 Å². The van der Waals surface area contributed by atoms with Crippen molar-refractivity contribution in [1.82, 2.24) is 10.6 Å². The van der Waals surface area contributed by atoms with Crippen molar-refractivity contribution in [3.63, 3.8) is 0 Å². The van der Waals surface area contributed by atoms with Crippen molar-refractivity contribution in [2.45, 2.75) is 26.2 Å². The predicted molar refractivity (Wildman–Crippen MR) is 94.3 cm³/mol. The van der Waals surface area contributed by atoms with Crippen molar-refractivity contribution >= 4 is 23.2 Å². The number of carbonyl (C=O) groups is 2. The third-order valence-electron chi connectivity index (χ3n) is 4.28. The maximum atomic E-state index is 12.2. The van der Waals surface area contributed by atoms with Gasteiger partial charge in [-0.25, -0.2) is 0 Å². The summed E-state index contributed by atoms with van der Waals surface area (Å²) in [7, 11) is 0. The summed E-state index contributed by atoms with van der Waals surface area (Å²) in [5.41, 5.74) is 0.670. The van der Waals surface area contributed by atoms with Crippen molar-refractivity contribution in [2.24, 2.45) is 5.92 Å². The van der Waals surface area contributed by atoms with Crippen molar-refractivity contribution in [3.05, 3.63) is 34.4 Å². The number of nitrogens with zero attached hydrogens (tertiary/aromatic N) is 2. The van der Waals surface area contributed by atoms with Crippen LogP contribution in [0.2, 0.25) is 0 Å². The van der Waals surface area contributed by atoms with Gasteiger partial charge in [0.1, 0.15) is 5.69 Å². The molecule has 25 heavy (non-hydrogen) atoms. The molecule has 0 aliphatic carbocycles. The fourth-order valence-electron chi connectivity index (χ4n) is 2.91. The number of benzene rings is 1. The first-order valence-electron chi connectivity index (χ1n) is 8.55. The topological polar surface area (TPSA) is 105 Å². The lowest BCUT2D eigenvalue weighted by Gasteiger charge is -2.32. The van der Waals surface area contributed by atoms with Gasteiger partial charge in [0.2, 0.25) is 11.8 Å². The van der Waals surface area contributed by atoms with Gasteiger partial charge in [-0.2, -0.15) is 0 Å². The standard InChI is InChI=1S/C17H24N4O4/c1-2-9-18-16(22)12-19-17(23)13-7-10-20(11-8-13)14-5-3-4-6-15(14)21(24)25/h3-6,13H,2,7-12H2,1H3,(H,18,22)(H,19,23). The SMILES string of the molecule is CCCNC(=O)CNC(=O)C1CCN(c2ccccc2[N+](=O)[O-])CC1. The van der Waals surface area contributed by atoms with Crippen LogP contribution in [-0.2, 0) is 9.59 Å². The number of hydrogen-bond acceptors (Lipinski definition) is 5. The van der Waals surface area contributed by atoms with Gasteiger partial charge in [-0.3, -0.25) is 19.7 Å². The summed E-state index contributed by atoms with van der Waals surface area (Å²) in [6.45, 7) is 3.70. The number of para-hydroxylation sites is 2. The normalized spacial score (nSPS) is 14.8. The summed E-state index contributed by atoms with van der Waals surface area (Å²) in [5, 5.41) is 16.5. The summed E-state index contributed by atoms with van der Waals surface area (Å²) in [6, 6.07) is 6.64. The van der Waals surface area contributed by atoms with Gasteiger partial charge in [-0.1, -0.05) is 19.1 Å². The summed E-state index contributed by atoms with van der Waals surface area (Å²) in [6.07, 6.45) is 2.06. The summed E-state index contributed by atoms with van der Waals surface area (Å²) in [5.74, 6) is -0.487. The van der Waals surface area contributed by atoms with E-state index in [1.165, 1.54) is 6.07 Å². The molecule has 0 unspecified atom stereocenters. The van der Waals surface area contributed by atoms with Gasteiger partial charge in [0.25, 0.3) is 5.69 Å². The molecular weight excluding hydrogens is 324 g/mol. The lowest BCUT2D eigenvalue weighted by atomic mass is 9.95. The van der Waals surface area contributed by atoms with Gasteiger partial charge >= 0.3 is 0 Å². The average Bonchev–Trinajstić information content (AvgIpc) is 2.64. The molecule has 1 aromatic rings. The van der Waals surface area contributed by atoms with Crippen LogP contribution in [-0.4, -0.2) is 42.9 Å². The zero-order valence-corrected chi connectivity index (χ0v) is 14.4. The molecule has 8 heteroatoms. The van der Waals surface area contributed by atoms with E-state index in [0.717, 1.165) is 6.42 Å². The Balaban J connectivity index is 1.84. The zero-order chi connectivity index (χ0) is 18.2. The molecule has 2 amide bonds. The largest absolute Gasteiger partial charge is 0.366 e. The molecule has 2 N–H and O–H groups in total. The molecule has 1 saturated heterocycles. The van der Waals surface area contributed by atoms with Gasteiger partial charge in [-0.05, 0) is 25.3 Å². The van der Waals surface area contributed by atoms with Crippen LogP contribution in [0.5, 0.6) is 0 Å². The van der Waals surface area contributed by atoms with E-state index >= 15 is 0 Å². The molecule has 1 heterocycles. The first-order chi connectivity index (χ1) is 12.0. The highest BCUT2D eigenvalue weighted by Crippen LogP contribution is 2.31. The van der Waals surface area contributed by atoms with E-state index in [2.05, 4.69) is 10.6 Å². The lowest BCUT2D eigenvalue weighted by molar-refractivity contribution is -0.384. The van der Waals surface area contributed by atoms with E-state index in [-0.39, 0.29) is 34.9 Å². The van der Waals surface area contributed by atoms with Gasteiger partial charge in [0.15, 0.2) is 0 Å². The van der Waals surface area contributed by atoms with Crippen molar-refractivity contribution in [1.29, 1.82) is 0 Å². The second kappa shape index (κ2) is 9.00. The molecule has 0 radical (unpaired) electrons. The smallest absolute Gasteiger partial charge is 0.292 e. The number of amides is 2. The van der Waals surface area contributed by atoms with Crippen LogP contribution in [0.3, 0.4) is 0 Å². The Hall–Kier alpha value is -2.64. The van der Waals surface area contributed by atoms with Gasteiger partial charge in [0.05, 0.1) is 11.5 Å². The quantitative estimate of drug-likeness (QED) is 0.573. The first kappa shape index (κ1) is 18.7. The molecule has 8 nitrogen and oxygen atoms in total. The average molecular weight is 348 g/mol. The third-order valence-corrected chi connectivity index (χ3v) is 4.28. The fourth-order valence-corrected chi connectivity index (χ4v) is 2.91. The van der Waals surface area contributed by atoms with Crippen LogP contribution in [0.25, 0.3) is 0 Å². The van der Waals surface area contributed by atoms with E-state index in [9.17, 15) is 19.7 Å². The first-order valence-corrected chi connectivity index (χ1v) is 8.55. The number of nitrogens with one attached hydrogen (secondary N) is 2. The molecule has 2 rings (SSSR count). The number of carbonyl (C=O) groups excluding carboxylic acids is 2. The van der Waals surface area contributed by atoms with E-state index in [1.54, 1.807) is 18.2 Å². The van der Waals surface area contributed by atoms with Crippen LogP contribution < -0.4 is 15.5 Å². The third kappa shape index (κ3) is 5.17. The van der Waals surface area contributed by atoms with E-state index < -0.39 is 0 Å². The number of nitro benzene ring substituents is 1. The molecule has 1 aliphatic rings. The maximum absolute atomic E-state index is 12.2. The van der Waals surface area contributed by atoms with Crippen LogP contribution >= 0.6 is 0 Å². The summed E-state index contributed by atoms with van der Waals surface area (Å²) >= 11 is 0. The van der Waals surface area contributed by atoms with Crippen LogP contribution in [0.15, 0.2) is 24.3 Å². The number of nitro groups is 1. The zero-order valence-electron chi connectivity index (χ0n) is 14.4. The molecule has 0 saturated carbocycles. The number of hydrogen-bond donors (Lipinski definition) is 2. The maximum Gasteiger partial charge on any atom is 0.292 e. The molecule has 0 atom stereocenters. The highest BCUT2D eigenvalue weighted by Gasteiger charge is 2.28.